The molecule has 0 aliphatic heterocycles. The predicted octanol–water partition coefficient (Wildman–Crippen LogP) is 4.26. The summed E-state index contributed by atoms with van der Waals surface area (Å²) in [7, 11) is 0. The number of allylic oxidation sites excluding steroid dienone is 2. The molecule has 4 bridgehead atoms. The maximum absolute atomic E-state index is 12.6. The smallest absolute Gasteiger partial charge is 0.309 e. The molecule has 0 saturated heterocycles. The first kappa shape index (κ1) is 20.7. The number of aliphatic hydroxyl groups is 1. The molecule has 0 aromatic rings. The van der Waals surface area contributed by atoms with Gasteiger partial charge in [-0.15, -0.1) is 6.42 Å². The van der Waals surface area contributed by atoms with Crippen molar-refractivity contribution in [1.29, 1.82) is 0 Å². The van der Waals surface area contributed by atoms with Crippen molar-refractivity contribution in [1.82, 2.24) is 0 Å². The normalized spacial score (nSPS) is 40.3. The molecule has 7 heteroatoms. The Morgan fingerprint density at radius 2 is 1.96 bits per heavy atom. The summed E-state index contributed by atoms with van der Waals surface area (Å²) in [6.45, 7) is 0.328. The molecule has 3 fully saturated rings. The van der Waals surface area contributed by atoms with Crippen LogP contribution in [0, 0.1) is 78.6 Å². The van der Waals surface area contributed by atoms with Crippen LogP contribution < -0.4 is 0 Å². The van der Waals surface area contributed by atoms with Crippen LogP contribution in [0.15, 0.2) is 12.2 Å². The third kappa shape index (κ3) is 3.91. The zero-order chi connectivity index (χ0) is 17.8. The molecule has 7 unspecified atom stereocenters. The van der Waals surface area contributed by atoms with Crippen molar-refractivity contribution in [2.75, 3.05) is 6.61 Å². The average molecular weight is 595 g/mol. The quantitative estimate of drug-likeness (QED) is 0.294. The number of hydrogen-bond acceptors (Lipinski definition) is 3. The van der Waals surface area contributed by atoms with E-state index in [2.05, 4.69) is 12.2 Å². The fourth-order valence-corrected chi connectivity index (χ4v) is 5.82. The van der Waals surface area contributed by atoms with Crippen molar-refractivity contribution in [3.63, 3.8) is 0 Å². The van der Waals surface area contributed by atoms with Gasteiger partial charge in [-0.3, -0.25) is 4.79 Å². The molecule has 3 nitrogen and oxygen atoms in total. The van der Waals surface area contributed by atoms with Gasteiger partial charge in [-0.1, -0.05) is 24.2 Å². The molecule has 1 N–H and O–H groups in total. The van der Waals surface area contributed by atoms with Crippen molar-refractivity contribution in [3.05, 3.63) is 18.3 Å². The van der Waals surface area contributed by atoms with E-state index < -0.39 is 12.3 Å². The van der Waals surface area contributed by atoms with Gasteiger partial charge in [-0.25, -0.2) is 13.2 Å². The Kier molecular flexibility index (Phi) is 6.22. The van der Waals surface area contributed by atoms with E-state index in [1.165, 1.54) is 0 Å². The Morgan fingerprint density at radius 1 is 1.19 bits per heavy atom. The molecular formula is C19H24F3O3U-. The Morgan fingerprint density at radius 3 is 2.58 bits per heavy atom. The Hall–Kier alpha value is 0.0119. The standard InChI is InChI=1S/C19H24F3O3.U/c20-19(21,22)17(23)8-13-7-12-3-4-14(13)16(12)9-25-18(24)15-6-10-1-2-11(15)5-10;/h1-2,10-16,23H,3-9H2;/q-1;. The Bertz CT molecular complexity index is 565. The minimum Gasteiger partial charge on any atom is -0.554 e. The summed E-state index contributed by atoms with van der Waals surface area (Å²) in [5.74, 6) is 1.11. The van der Waals surface area contributed by atoms with Crippen molar-refractivity contribution >= 4 is 5.97 Å². The van der Waals surface area contributed by atoms with Crippen molar-refractivity contribution < 1.29 is 58.9 Å². The van der Waals surface area contributed by atoms with E-state index in [-0.39, 0.29) is 67.2 Å². The Balaban J connectivity index is 0.00000196. The van der Waals surface area contributed by atoms with Crippen LogP contribution in [0.25, 0.3) is 0 Å². The number of fused-ring (bicyclic) bond motifs is 4. The van der Waals surface area contributed by atoms with Gasteiger partial charge in [-0.2, -0.15) is 0 Å². The SMILES string of the molecule is O=C(OCC1C2CCC1C(C[C-](O)C(F)(F)F)C2)C1CC2C=CC1C2.[U]. The third-order valence-electron chi connectivity index (χ3n) is 7.02. The molecule has 4 aliphatic carbocycles. The van der Waals surface area contributed by atoms with Crippen molar-refractivity contribution in [2.24, 2.45) is 41.4 Å². The fourth-order valence-electron chi connectivity index (χ4n) is 5.82. The van der Waals surface area contributed by atoms with E-state index in [9.17, 15) is 23.1 Å². The summed E-state index contributed by atoms with van der Waals surface area (Å²) in [5, 5.41) is 9.28. The average Bonchev–Trinajstić information content (AvgIpc) is 3.31. The molecule has 0 aromatic carbocycles. The number of rotatable bonds is 5. The van der Waals surface area contributed by atoms with Crippen molar-refractivity contribution in [3.8, 4) is 0 Å². The molecule has 0 heterocycles. The second-order valence-corrected chi connectivity index (χ2v) is 8.33. The van der Waals surface area contributed by atoms with Crippen LogP contribution in [0.5, 0.6) is 0 Å². The number of halogens is 3. The van der Waals surface area contributed by atoms with E-state index >= 15 is 0 Å². The first-order valence-electron chi connectivity index (χ1n) is 9.30. The molecule has 3 saturated carbocycles. The Labute approximate surface area is 175 Å². The maximum Gasteiger partial charge on any atom is 0.309 e. The van der Waals surface area contributed by atoms with E-state index in [0.717, 1.165) is 25.7 Å². The van der Waals surface area contributed by atoms with Crippen LogP contribution in [-0.4, -0.2) is 23.9 Å². The zero-order valence-electron chi connectivity index (χ0n) is 14.5. The van der Waals surface area contributed by atoms with Crippen LogP contribution in [0.4, 0.5) is 13.2 Å². The summed E-state index contributed by atoms with van der Waals surface area (Å²) < 4.78 is 43.3. The van der Waals surface area contributed by atoms with Gasteiger partial charge in [0, 0.05) is 31.1 Å². The molecule has 4 rings (SSSR count). The van der Waals surface area contributed by atoms with Crippen LogP contribution in [0.2, 0.25) is 0 Å². The van der Waals surface area contributed by atoms with Gasteiger partial charge in [0.2, 0.25) is 0 Å². The molecule has 4 aliphatic rings. The summed E-state index contributed by atoms with van der Waals surface area (Å²) in [6.07, 6.45) is 2.49. The maximum atomic E-state index is 12.6. The largest absolute Gasteiger partial charge is 0.554 e. The van der Waals surface area contributed by atoms with Gasteiger partial charge < -0.3 is 9.84 Å². The monoisotopic (exact) mass is 595 g/mol. The molecule has 7 atom stereocenters. The minimum absolute atomic E-state index is 0. The van der Waals surface area contributed by atoms with E-state index in [0.29, 0.717) is 30.8 Å². The molecule has 26 heavy (non-hydrogen) atoms. The summed E-state index contributed by atoms with van der Waals surface area (Å²) in [6, 6.07) is 0. The second kappa shape index (κ2) is 7.80. The second-order valence-electron chi connectivity index (χ2n) is 8.33. The van der Waals surface area contributed by atoms with Gasteiger partial charge in [-0.05, 0) is 61.7 Å². The third-order valence-corrected chi connectivity index (χ3v) is 7.02. The molecule has 0 aromatic heterocycles. The first-order chi connectivity index (χ1) is 11.8. The van der Waals surface area contributed by atoms with Crippen LogP contribution in [0.3, 0.4) is 0 Å². The molecule has 0 amide bonds. The van der Waals surface area contributed by atoms with E-state index in [1.54, 1.807) is 0 Å². The van der Waals surface area contributed by atoms with Gasteiger partial charge in [0.25, 0.3) is 6.18 Å². The van der Waals surface area contributed by atoms with E-state index in [1.807, 2.05) is 0 Å². The first-order valence-corrected chi connectivity index (χ1v) is 9.30. The van der Waals surface area contributed by atoms with Crippen LogP contribution in [0.1, 0.15) is 38.5 Å². The summed E-state index contributed by atoms with van der Waals surface area (Å²) >= 11 is 0. The number of alkyl halides is 3. The van der Waals surface area contributed by atoms with Crippen molar-refractivity contribution in [2.45, 2.75) is 44.7 Å². The predicted molar refractivity (Wildman–Crippen MR) is 83.5 cm³/mol. The number of esters is 1. The summed E-state index contributed by atoms with van der Waals surface area (Å²) in [4.78, 5) is 12.4. The number of ether oxygens (including phenoxy) is 1. The number of carbonyl (C=O) groups excluding carboxylic acids is 1. The van der Waals surface area contributed by atoms with Gasteiger partial charge in [0.15, 0.2) is 0 Å². The topological polar surface area (TPSA) is 46.5 Å². The number of aliphatic hydroxyl groups excluding tert-OH is 1. The molecule has 0 spiro atoms. The zero-order valence-corrected chi connectivity index (χ0v) is 18.7. The van der Waals surface area contributed by atoms with Gasteiger partial charge in [0.1, 0.15) is 0 Å². The minimum atomic E-state index is -4.63. The van der Waals surface area contributed by atoms with Gasteiger partial charge >= 0.3 is 5.97 Å². The molecule has 0 radical (unpaired) electrons. The van der Waals surface area contributed by atoms with E-state index in [4.69, 9.17) is 4.74 Å². The van der Waals surface area contributed by atoms with Crippen LogP contribution in [-0.2, 0) is 9.53 Å². The number of hydrogen-bond donors (Lipinski definition) is 1. The van der Waals surface area contributed by atoms with Gasteiger partial charge in [0.05, 0.1) is 12.5 Å². The summed E-state index contributed by atoms with van der Waals surface area (Å²) in [5.41, 5.74) is 0. The fraction of sp³-hybridized carbons (Fsp3) is 0.789. The van der Waals surface area contributed by atoms with Crippen LogP contribution >= 0.6 is 0 Å². The molecular weight excluding hydrogens is 571 g/mol. The number of carbonyl (C=O) groups is 1. The molecule has 144 valence electrons.